The number of carbonyl (C=O) groups excluding carboxylic acids is 1. The Balaban J connectivity index is 1.96. The zero-order valence-electron chi connectivity index (χ0n) is 13.2. The first-order valence-corrected chi connectivity index (χ1v) is 7.41. The highest BCUT2D eigenvalue weighted by molar-refractivity contribution is 6.06. The van der Waals surface area contributed by atoms with Crippen molar-refractivity contribution < 1.29 is 9.90 Å². The molecule has 0 saturated heterocycles. The molecule has 2 heterocycles. The van der Waals surface area contributed by atoms with Gasteiger partial charge in [-0.25, -0.2) is 9.67 Å². The summed E-state index contributed by atoms with van der Waals surface area (Å²) in [6, 6.07) is 8.43. The second kappa shape index (κ2) is 5.72. The molecule has 1 amide bonds. The molecule has 3 aromatic rings. The molecule has 0 unspecified atom stereocenters. The molecular weight excluding hydrogens is 292 g/mol. The number of hydrogen-bond acceptors (Lipinski definition) is 4. The van der Waals surface area contributed by atoms with E-state index in [9.17, 15) is 9.90 Å². The summed E-state index contributed by atoms with van der Waals surface area (Å²) in [6.45, 7) is 5.87. The van der Waals surface area contributed by atoms with E-state index < -0.39 is 0 Å². The fourth-order valence-corrected chi connectivity index (χ4v) is 2.46. The number of aromatic hydroxyl groups is 1. The summed E-state index contributed by atoms with van der Waals surface area (Å²) in [7, 11) is 0. The highest BCUT2D eigenvalue weighted by atomic mass is 16.3. The molecule has 0 bridgehead atoms. The zero-order valence-corrected chi connectivity index (χ0v) is 13.2. The molecule has 118 valence electrons. The maximum absolute atomic E-state index is 12.5. The van der Waals surface area contributed by atoms with Gasteiger partial charge in [0.15, 0.2) is 5.65 Å². The monoisotopic (exact) mass is 310 g/mol. The molecule has 2 N–H and O–H groups in total. The summed E-state index contributed by atoms with van der Waals surface area (Å²) in [5.74, 6) is -0.161. The van der Waals surface area contributed by atoms with Crippen molar-refractivity contribution in [2.45, 2.75) is 26.8 Å². The second-order valence-corrected chi connectivity index (χ2v) is 5.72. The molecule has 0 fully saturated rings. The Bertz CT molecular complexity index is 883. The van der Waals surface area contributed by atoms with Crippen LogP contribution in [0.3, 0.4) is 0 Å². The summed E-state index contributed by atoms with van der Waals surface area (Å²) in [5.41, 5.74) is 2.43. The van der Waals surface area contributed by atoms with Crippen LogP contribution in [0, 0.1) is 6.92 Å². The lowest BCUT2D eigenvalue weighted by Crippen LogP contribution is -2.14. The third-order valence-electron chi connectivity index (χ3n) is 3.60. The number of pyridine rings is 1. The largest absolute Gasteiger partial charge is 0.508 e. The molecule has 0 aliphatic carbocycles. The van der Waals surface area contributed by atoms with Crippen LogP contribution in [-0.2, 0) is 0 Å². The van der Waals surface area contributed by atoms with E-state index in [1.54, 1.807) is 37.4 Å². The Labute approximate surface area is 133 Å². The number of anilines is 1. The summed E-state index contributed by atoms with van der Waals surface area (Å²) in [4.78, 5) is 17.0. The van der Waals surface area contributed by atoms with E-state index >= 15 is 0 Å². The number of nitrogens with zero attached hydrogens (tertiary/aromatic N) is 3. The van der Waals surface area contributed by atoms with Crippen LogP contribution in [-0.4, -0.2) is 25.8 Å². The molecule has 0 radical (unpaired) electrons. The van der Waals surface area contributed by atoms with Gasteiger partial charge in [0.2, 0.25) is 0 Å². The quantitative estimate of drug-likeness (QED) is 0.778. The molecule has 23 heavy (non-hydrogen) atoms. The van der Waals surface area contributed by atoms with E-state index in [4.69, 9.17) is 0 Å². The van der Waals surface area contributed by atoms with E-state index in [1.165, 1.54) is 6.07 Å². The zero-order chi connectivity index (χ0) is 16.6. The normalized spacial score (nSPS) is 11.1. The first-order chi connectivity index (χ1) is 11.0. The number of benzene rings is 1. The number of phenolic OH excluding ortho intramolecular Hbond substituents is 1. The summed E-state index contributed by atoms with van der Waals surface area (Å²) in [6.07, 6.45) is 1.72. The van der Waals surface area contributed by atoms with Crippen LogP contribution in [0.1, 0.15) is 35.9 Å². The van der Waals surface area contributed by atoms with Crippen LogP contribution < -0.4 is 5.32 Å². The summed E-state index contributed by atoms with van der Waals surface area (Å²) in [5, 5.41) is 17.4. The first-order valence-electron chi connectivity index (χ1n) is 7.41. The lowest BCUT2D eigenvalue weighted by Gasteiger charge is -2.10. The third-order valence-corrected chi connectivity index (χ3v) is 3.60. The molecule has 0 atom stereocenters. The fourth-order valence-electron chi connectivity index (χ4n) is 2.46. The Morgan fingerprint density at radius 1 is 1.30 bits per heavy atom. The number of hydrogen-bond donors (Lipinski definition) is 2. The lowest BCUT2D eigenvalue weighted by atomic mass is 10.1. The molecule has 0 spiro atoms. The fraction of sp³-hybridized carbons (Fsp3) is 0.235. The van der Waals surface area contributed by atoms with Gasteiger partial charge in [0.1, 0.15) is 5.75 Å². The van der Waals surface area contributed by atoms with Crippen LogP contribution in [0.25, 0.3) is 11.0 Å². The maximum Gasteiger partial charge on any atom is 0.257 e. The van der Waals surface area contributed by atoms with E-state index in [0.29, 0.717) is 16.9 Å². The number of phenols is 1. The molecule has 0 aliphatic rings. The molecule has 0 aliphatic heterocycles. The van der Waals surface area contributed by atoms with Crippen LogP contribution in [0.15, 0.2) is 36.5 Å². The Hall–Kier alpha value is -2.89. The number of aromatic nitrogens is 3. The van der Waals surface area contributed by atoms with Gasteiger partial charge in [-0.05, 0) is 39.0 Å². The minimum atomic E-state index is -0.264. The predicted octanol–water partition coefficient (Wildman–Crippen LogP) is 3.28. The second-order valence-electron chi connectivity index (χ2n) is 5.72. The van der Waals surface area contributed by atoms with E-state index in [0.717, 1.165) is 11.0 Å². The molecule has 1 aromatic carbocycles. The standard InChI is InChI=1S/C17H18N4O2/c1-10(2)21-16-12(9-18-21)7-15(11(3)19-16)17(23)20-13-5-4-6-14(22)8-13/h4-10,22H,1-3H3,(H,20,23). The molecular formula is C17H18N4O2. The third kappa shape index (κ3) is 2.88. The molecule has 6 nitrogen and oxygen atoms in total. The van der Waals surface area contributed by atoms with E-state index in [-0.39, 0.29) is 17.7 Å². The SMILES string of the molecule is Cc1nc2c(cnn2C(C)C)cc1C(=O)Nc1cccc(O)c1. The minimum Gasteiger partial charge on any atom is -0.508 e. The number of rotatable bonds is 3. The van der Waals surface area contributed by atoms with Gasteiger partial charge in [0.05, 0.1) is 17.5 Å². The van der Waals surface area contributed by atoms with Crippen molar-refractivity contribution in [3.8, 4) is 5.75 Å². The van der Waals surface area contributed by atoms with Gasteiger partial charge in [-0.1, -0.05) is 6.07 Å². The van der Waals surface area contributed by atoms with Crippen LogP contribution >= 0.6 is 0 Å². The van der Waals surface area contributed by atoms with Crippen molar-refractivity contribution in [3.63, 3.8) is 0 Å². The van der Waals surface area contributed by atoms with Gasteiger partial charge >= 0.3 is 0 Å². The molecule has 6 heteroatoms. The number of carbonyl (C=O) groups is 1. The van der Waals surface area contributed by atoms with Crippen molar-refractivity contribution in [3.05, 3.63) is 47.8 Å². The van der Waals surface area contributed by atoms with E-state index in [1.807, 2.05) is 18.5 Å². The first kappa shape index (κ1) is 15.0. The van der Waals surface area contributed by atoms with Gasteiger partial charge < -0.3 is 10.4 Å². The van der Waals surface area contributed by atoms with Gasteiger partial charge in [-0.2, -0.15) is 5.10 Å². The average molecular weight is 310 g/mol. The van der Waals surface area contributed by atoms with Crippen molar-refractivity contribution in [1.29, 1.82) is 0 Å². The topological polar surface area (TPSA) is 80.0 Å². The van der Waals surface area contributed by atoms with Crippen molar-refractivity contribution >= 4 is 22.6 Å². The van der Waals surface area contributed by atoms with Crippen molar-refractivity contribution in [2.75, 3.05) is 5.32 Å². The van der Waals surface area contributed by atoms with Crippen LogP contribution in [0.2, 0.25) is 0 Å². The predicted molar refractivity (Wildman–Crippen MR) is 88.7 cm³/mol. The van der Waals surface area contributed by atoms with Gasteiger partial charge in [-0.3, -0.25) is 4.79 Å². The van der Waals surface area contributed by atoms with Gasteiger partial charge in [-0.15, -0.1) is 0 Å². The van der Waals surface area contributed by atoms with Gasteiger partial charge in [0, 0.05) is 23.2 Å². The Morgan fingerprint density at radius 3 is 2.78 bits per heavy atom. The maximum atomic E-state index is 12.5. The van der Waals surface area contributed by atoms with Crippen molar-refractivity contribution in [2.24, 2.45) is 0 Å². The number of amides is 1. The smallest absolute Gasteiger partial charge is 0.257 e. The lowest BCUT2D eigenvalue weighted by molar-refractivity contribution is 0.102. The number of fused-ring (bicyclic) bond motifs is 1. The number of aryl methyl sites for hydroxylation is 1. The highest BCUT2D eigenvalue weighted by Crippen LogP contribution is 2.21. The molecule has 2 aromatic heterocycles. The van der Waals surface area contributed by atoms with Gasteiger partial charge in [0.25, 0.3) is 5.91 Å². The summed E-state index contributed by atoms with van der Waals surface area (Å²) >= 11 is 0. The number of nitrogens with one attached hydrogen (secondary N) is 1. The average Bonchev–Trinajstić information content (AvgIpc) is 2.89. The highest BCUT2D eigenvalue weighted by Gasteiger charge is 2.15. The Kier molecular flexibility index (Phi) is 3.73. The minimum absolute atomic E-state index is 0.103. The Morgan fingerprint density at radius 2 is 2.09 bits per heavy atom. The van der Waals surface area contributed by atoms with Crippen LogP contribution in [0.4, 0.5) is 5.69 Å². The molecule has 0 saturated carbocycles. The van der Waals surface area contributed by atoms with Crippen LogP contribution in [0.5, 0.6) is 5.75 Å². The van der Waals surface area contributed by atoms with E-state index in [2.05, 4.69) is 15.4 Å². The molecule has 3 rings (SSSR count). The van der Waals surface area contributed by atoms with Crippen molar-refractivity contribution in [1.82, 2.24) is 14.8 Å². The summed E-state index contributed by atoms with van der Waals surface area (Å²) < 4.78 is 1.83.